The maximum Gasteiger partial charge on any atom is 0.358 e. The molecular formula is C15H22N4O2. The van der Waals surface area contributed by atoms with Gasteiger partial charge in [-0.3, -0.25) is 9.88 Å². The lowest BCUT2D eigenvalue weighted by Gasteiger charge is -2.38. The van der Waals surface area contributed by atoms with E-state index in [0.717, 1.165) is 38.0 Å². The molecule has 2 aliphatic rings. The Morgan fingerprint density at radius 3 is 2.57 bits per heavy atom. The normalized spacial score (nSPS) is 20.7. The summed E-state index contributed by atoms with van der Waals surface area (Å²) >= 11 is 0. The number of anilines is 1. The second kappa shape index (κ2) is 6.39. The Morgan fingerprint density at radius 1 is 1.19 bits per heavy atom. The fraction of sp³-hybridized carbons (Fsp3) is 0.667. The zero-order valence-electron chi connectivity index (χ0n) is 12.5. The van der Waals surface area contributed by atoms with Crippen molar-refractivity contribution in [1.29, 1.82) is 0 Å². The van der Waals surface area contributed by atoms with Crippen molar-refractivity contribution >= 4 is 11.8 Å². The van der Waals surface area contributed by atoms with Crippen LogP contribution in [0.3, 0.4) is 0 Å². The Labute approximate surface area is 125 Å². The van der Waals surface area contributed by atoms with Crippen LogP contribution in [-0.2, 0) is 4.74 Å². The fourth-order valence-electron chi connectivity index (χ4n) is 3.30. The highest BCUT2D eigenvalue weighted by molar-refractivity contribution is 5.87. The number of carbonyl (C=O) groups is 1. The Hall–Kier alpha value is -1.69. The highest BCUT2D eigenvalue weighted by atomic mass is 16.5. The molecule has 6 heteroatoms. The van der Waals surface area contributed by atoms with Gasteiger partial charge in [0.2, 0.25) is 0 Å². The molecule has 21 heavy (non-hydrogen) atoms. The van der Waals surface area contributed by atoms with Crippen LogP contribution in [-0.4, -0.2) is 60.2 Å². The molecule has 1 saturated carbocycles. The second-order valence-corrected chi connectivity index (χ2v) is 5.72. The van der Waals surface area contributed by atoms with Crippen molar-refractivity contribution in [2.75, 3.05) is 38.2 Å². The van der Waals surface area contributed by atoms with Gasteiger partial charge in [-0.05, 0) is 12.8 Å². The largest absolute Gasteiger partial charge is 0.464 e. The molecule has 1 aromatic rings. The van der Waals surface area contributed by atoms with Gasteiger partial charge < -0.3 is 9.64 Å². The summed E-state index contributed by atoms with van der Waals surface area (Å²) in [4.78, 5) is 24.8. The van der Waals surface area contributed by atoms with Crippen molar-refractivity contribution in [1.82, 2.24) is 14.9 Å². The van der Waals surface area contributed by atoms with E-state index in [1.807, 2.05) is 0 Å². The summed E-state index contributed by atoms with van der Waals surface area (Å²) in [7, 11) is 1.36. The predicted octanol–water partition coefficient (Wildman–Crippen LogP) is 1.33. The molecule has 1 aliphatic carbocycles. The van der Waals surface area contributed by atoms with E-state index in [0.29, 0.717) is 0 Å². The minimum absolute atomic E-state index is 0.272. The van der Waals surface area contributed by atoms with E-state index in [-0.39, 0.29) is 5.69 Å². The average Bonchev–Trinajstić information content (AvgIpc) is 3.09. The third kappa shape index (κ3) is 3.15. The van der Waals surface area contributed by atoms with Crippen LogP contribution in [0.4, 0.5) is 5.82 Å². The minimum atomic E-state index is -0.436. The molecule has 0 bridgehead atoms. The summed E-state index contributed by atoms with van der Waals surface area (Å²) < 4.78 is 4.69. The topological polar surface area (TPSA) is 58.6 Å². The van der Waals surface area contributed by atoms with Crippen molar-refractivity contribution in [3.8, 4) is 0 Å². The van der Waals surface area contributed by atoms with E-state index in [1.54, 1.807) is 6.20 Å². The van der Waals surface area contributed by atoms with E-state index in [1.165, 1.54) is 39.0 Å². The third-order valence-electron chi connectivity index (χ3n) is 4.50. The van der Waals surface area contributed by atoms with Crippen LogP contribution in [0.15, 0.2) is 12.4 Å². The van der Waals surface area contributed by atoms with Crippen molar-refractivity contribution in [2.24, 2.45) is 0 Å². The highest BCUT2D eigenvalue weighted by Gasteiger charge is 2.26. The summed E-state index contributed by atoms with van der Waals surface area (Å²) in [6.45, 7) is 4.01. The molecule has 0 atom stereocenters. The van der Waals surface area contributed by atoms with Crippen LogP contribution in [0.1, 0.15) is 36.2 Å². The van der Waals surface area contributed by atoms with E-state index in [4.69, 9.17) is 4.74 Å². The fourth-order valence-corrected chi connectivity index (χ4v) is 3.30. The van der Waals surface area contributed by atoms with Gasteiger partial charge in [0.25, 0.3) is 0 Å². The quantitative estimate of drug-likeness (QED) is 0.783. The first kappa shape index (κ1) is 14.3. The molecular weight excluding hydrogens is 268 g/mol. The smallest absolute Gasteiger partial charge is 0.358 e. The molecule has 0 radical (unpaired) electrons. The first-order valence-corrected chi connectivity index (χ1v) is 7.67. The average molecular weight is 290 g/mol. The van der Waals surface area contributed by atoms with Crippen molar-refractivity contribution in [3.05, 3.63) is 18.1 Å². The Morgan fingerprint density at radius 2 is 1.90 bits per heavy atom. The summed E-state index contributed by atoms with van der Waals surface area (Å²) in [6.07, 6.45) is 8.60. The van der Waals surface area contributed by atoms with Crippen LogP contribution < -0.4 is 4.90 Å². The number of ether oxygens (including phenoxy) is 1. The minimum Gasteiger partial charge on any atom is -0.464 e. The molecule has 3 rings (SSSR count). The SMILES string of the molecule is COC(=O)c1cncc(N2CCN(C3CCCC3)CC2)n1. The molecule has 0 unspecified atom stereocenters. The monoisotopic (exact) mass is 290 g/mol. The zero-order valence-corrected chi connectivity index (χ0v) is 12.5. The van der Waals surface area contributed by atoms with Gasteiger partial charge in [-0.2, -0.15) is 0 Å². The molecule has 2 heterocycles. The van der Waals surface area contributed by atoms with E-state index in [2.05, 4.69) is 19.8 Å². The summed E-state index contributed by atoms with van der Waals surface area (Å²) in [5, 5.41) is 0. The first-order chi connectivity index (χ1) is 10.3. The maximum absolute atomic E-state index is 11.5. The van der Waals surface area contributed by atoms with E-state index >= 15 is 0 Å². The Kier molecular flexibility index (Phi) is 4.34. The highest BCUT2D eigenvalue weighted by Crippen LogP contribution is 2.25. The summed E-state index contributed by atoms with van der Waals surface area (Å²) in [5.41, 5.74) is 0.272. The predicted molar refractivity (Wildman–Crippen MR) is 79.4 cm³/mol. The van der Waals surface area contributed by atoms with Gasteiger partial charge >= 0.3 is 5.97 Å². The van der Waals surface area contributed by atoms with Crippen LogP contribution in [0.25, 0.3) is 0 Å². The molecule has 1 saturated heterocycles. The van der Waals surface area contributed by atoms with Gasteiger partial charge in [-0.25, -0.2) is 9.78 Å². The number of hydrogen-bond donors (Lipinski definition) is 0. The number of esters is 1. The van der Waals surface area contributed by atoms with Crippen molar-refractivity contribution in [2.45, 2.75) is 31.7 Å². The molecule has 0 N–H and O–H groups in total. The molecule has 0 aromatic carbocycles. The van der Waals surface area contributed by atoms with Gasteiger partial charge in [-0.15, -0.1) is 0 Å². The molecule has 1 aromatic heterocycles. The zero-order chi connectivity index (χ0) is 14.7. The van der Waals surface area contributed by atoms with E-state index in [9.17, 15) is 4.79 Å². The van der Waals surface area contributed by atoms with Gasteiger partial charge in [0.1, 0.15) is 5.82 Å². The number of piperazine rings is 1. The lowest BCUT2D eigenvalue weighted by molar-refractivity contribution is 0.0593. The summed E-state index contributed by atoms with van der Waals surface area (Å²) in [5.74, 6) is 0.331. The lowest BCUT2D eigenvalue weighted by atomic mass is 10.2. The van der Waals surface area contributed by atoms with Crippen molar-refractivity contribution in [3.63, 3.8) is 0 Å². The van der Waals surface area contributed by atoms with Gasteiger partial charge in [0.15, 0.2) is 5.69 Å². The second-order valence-electron chi connectivity index (χ2n) is 5.72. The van der Waals surface area contributed by atoms with Crippen LogP contribution in [0.5, 0.6) is 0 Å². The number of methoxy groups -OCH3 is 1. The number of rotatable bonds is 3. The van der Waals surface area contributed by atoms with Gasteiger partial charge in [0, 0.05) is 32.2 Å². The molecule has 0 amide bonds. The summed E-state index contributed by atoms with van der Waals surface area (Å²) in [6, 6.07) is 0.777. The van der Waals surface area contributed by atoms with Crippen LogP contribution in [0.2, 0.25) is 0 Å². The van der Waals surface area contributed by atoms with Crippen LogP contribution >= 0.6 is 0 Å². The molecule has 1 aliphatic heterocycles. The molecule has 114 valence electrons. The lowest BCUT2D eigenvalue weighted by Crippen LogP contribution is -2.50. The number of nitrogens with zero attached hydrogens (tertiary/aromatic N) is 4. The van der Waals surface area contributed by atoms with Crippen LogP contribution in [0, 0.1) is 0 Å². The number of carbonyl (C=O) groups excluding carboxylic acids is 1. The standard InChI is InChI=1S/C15H22N4O2/c1-21-15(20)13-10-16-11-14(17-13)19-8-6-18(7-9-19)12-4-2-3-5-12/h10-12H,2-9H2,1H3. The van der Waals surface area contributed by atoms with Gasteiger partial charge in [-0.1, -0.05) is 12.8 Å². The van der Waals surface area contributed by atoms with Gasteiger partial charge in [0.05, 0.1) is 19.5 Å². The van der Waals surface area contributed by atoms with Crippen molar-refractivity contribution < 1.29 is 9.53 Å². The molecule has 0 spiro atoms. The Balaban J connectivity index is 1.62. The number of hydrogen-bond acceptors (Lipinski definition) is 6. The first-order valence-electron chi connectivity index (χ1n) is 7.67. The maximum atomic E-state index is 11.5. The molecule has 2 fully saturated rings. The Bertz CT molecular complexity index is 494. The number of aromatic nitrogens is 2. The third-order valence-corrected chi connectivity index (χ3v) is 4.50. The van der Waals surface area contributed by atoms with E-state index < -0.39 is 5.97 Å². The molecule has 6 nitrogen and oxygen atoms in total.